The minimum atomic E-state index is 0. The van der Waals surface area contributed by atoms with E-state index in [0.717, 1.165) is 24.5 Å². The van der Waals surface area contributed by atoms with E-state index in [1.165, 1.54) is 6.42 Å². The Hall–Kier alpha value is -1.35. The van der Waals surface area contributed by atoms with Gasteiger partial charge in [0.1, 0.15) is 0 Å². The molecule has 0 aliphatic heterocycles. The molecule has 1 aromatic heterocycles. The van der Waals surface area contributed by atoms with Crippen molar-refractivity contribution in [1.82, 2.24) is 20.8 Å². The van der Waals surface area contributed by atoms with Crippen molar-refractivity contribution in [3.8, 4) is 11.4 Å². The third-order valence-electron chi connectivity index (χ3n) is 3.45. The molecule has 0 fully saturated rings. The van der Waals surface area contributed by atoms with E-state index in [0.29, 0.717) is 29.2 Å². The fourth-order valence-electron chi connectivity index (χ4n) is 2.14. The van der Waals surface area contributed by atoms with E-state index in [9.17, 15) is 0 Å². The van der Waals surface area contributed by atoms with Crippen LogP contribution in [0.25, 0.3) is 11.4 Å². The lowest BCUT2D eigenvalue weighted by molar-refractivity contribution is 0.375. The summed E-state index contributed by atoms with van der Waals surface area (Å²) in [5.74, 6) is 2.49. The first-order valence-corrected chi connectivity index (χ1v) is 8.49. The highest BCUT2D eigenvalue weighted by Gasteiger charge is 2.09. The van der Waals surface area contributed by atoms with Gasteiger partial charge in [-0.15, -0.1) is 24.0 Å². The highest BCUT2D eigenvalue weighted by Crippen LogP contribution is 2.18. The summed E-state index contributed by atoms with van der Waals surface area (Å²) >= 11 is 5.88. The lowest BCUT2D eigenvalue weighted by atomic mass is 10.1. The van der Waals surface area contributed by atoms with Crippen LogP contribution in [-0.2, 0) is 6.54 Å². The van der Waals surface area contributed by atoms with E-state index in [-0.39, 0.29) is 24.0 Å². The van der Waals surface area contributed by atoms with Crippen molar-refractivity contribution in [3.63, 3.8) is 0 Å². The maximum absolute atomic E-state index is 5.88. The number of guanidine groups is 1. The maximum atomic E-state index is 5.88. The zero-order valence-corrected chi connectivity index (χ0v) is 17.8. The molecule has 0 radical (unpaired) electrons. The number of hydrogen-bond donors (Lipinski definition) is 2. The van der Waals surface area contributed by atoms with Gasteiger partial charge in [0.05, 0.1) is 6.54 Å². The van der Waals surface area contributed by atoms with Crippen LogP contribution in [0.5, 0.6) is 0 Å². The molecule has 8 heteroatoms. The largest absolute Gasteiger partial charge is 0.356 e. The zero-order valence-electron chi connectivity index (χ0n) is 14.8. The van der Waals surface area contributed by atoms with Crippen molar-refractivity contribution in [3.05, 3.63) is 35.2 Å². The normalized spacial score (nSPS) is 11.3. The first kappa shape index (κ1) is 21.7. The minimum Gasteiger partial charge on any atom is -0.356 e. The van der Waals surface area contributed by atoms with E-state index in [1.807, 2.05) is 12.1 Å². The number of aliphatic imine (C=N–C) groups is 1. The Bertz CT molecular complexity index is 657. The summed E-state index contributed by atoms with van der Waals surface area (Å²) in [6, 6.07) is 7.32. The molecule has 1 aromatic carbocycles. The van der Waals surface area contributed by atoms with Crippen LogP contribution in [0.1, 0.15) is 32.6 Å². The summed E-state index contributed by atoms with van der Waals surface area (Å²) < 4.78 is 5.26. The van der Waals surface area contributed by atoms with E-state index in [1.54, 1.807) is 19.2 Å². The van der Waals surface area contributed by atoms with Crippen LogP contribution < -0.4 is 10.6 Å². The van der Waals surface area contributed by atoms with E-state index >= 15 is 0 Å². The predicted molar refractivity (Wildman–Crippen MR) is 112 cm³/mol. The molecular formula is C17H25ClIN5O. The molecule has 0 spiro atoms. The Morgan fingerprint density at radius 2 is 1.96 bits per heavy atom. The second-order valence-electron chi connectivity index (χ2n) is 5.91. The van der Waals surface area contributed by atoms with Gasteiger partial charge >= 0.3 is 0 Å². The van der Waals surface area contributed by atoms with Gasteiger partial charge in [0.2, 0.25) is 11.7 Å². The molecule has 25 heavy (non-hydrogen) atoms. The number of hydrogen-bond acceptors (Lipinski definition) is 4. The van der Waals surface area contributed by atoms with Gasteiger partial charge in [0.25, 0.3) is 0 Å². The molecule has 0 saturated heterocycles. The minimum absolute atomic E-state index is 0. The fraction of sp³-hybridized carbons (Fsp3) is 0.471. The Labute approximate surface area is 170 Å². The summed E-state index contributed by atoms with van der Waals surface area (Å²) in [4.78, 5) is 8.55. The topological polar surface area (TPSA) is 75.3 Å². The average Bonchev–Trinajstić information content (AvgIpc) is 3.03. The van der Waals surface area contributed by atoms with Gasteiger partial charge in [-0.3, -0.25) is 4.99 Å². The molecule has 1 heterocycles. The highest BCUT2D eigenvalue weighted by atomic mass is 127. The third-order valence-corrected chi connectivity index (χ3v) is 3.70. The van der Waals surface area contributed by atoms with Gasteiger partial charge in [0.15, 0.2) is 5.96 Å². The number of halogens is 2. The van der Waals surface area contributed by atoms with Crippen LogP contribution in [0.15, 0.2) is 33.8 Å². The molecule has 2 rings (SSSR count). The van der Waals surface area contributed by atoms with E-state index < -0.39 is 0 Å². The van der Waals surface area contributed by atoms with Crippen molar-refractivity contribution < 1.29 is 4.52 Å². The summed E-state index contributed by atoms with van der Waals surface area (Å²) in [5, 5.41) is 11.1. The van der Waals surface area contributed by atoms with Crippen molar-refractivity contribution in [1.29, 1.82) is 0 Å². The molecule has 0 aliphatic carbocycles. The van der Waals surface area contributed by atoms with Gasteiger partial charge in [-0.1, -0.05) is 30.6 Å². The number of benzene rings is 1. The maximum Gasteiger partial charge on any atom is 0.246 e. The smallest absolute Gasteiger partial charge is 0.246 e. The predicted octanol–water partition coefficient (Wildman–Crippen LogP) is 4.11. The zero-order chi connectivity index (χ0) is 17.4. The highest BCUT2D eigenvalue weighted by molar-refractivity contribution is 14.0. The Kier molecular flexibility index (Phi) is 9.81. The van der Waals surface area contributed by atoms with E-state index in [2.05, 4.69) is 39.6 Å². The van der Waals surface area contributed by atoms with Crippen LogP contribution in [0.4, 0.5) is 0 Å². The summed E-state index contributed by atoms with van der Waals surface area (Å²) in [5.41, 5.74) is 0.866. The number of rotatable bonds is 7. The molecule has 138 valence electrons. The monoisotopic (exact) mass is 477 g/mol. The molecule has 0 saturated carbocycles. The lowest BCUT2D eigenvalue weighted by Gasteiger charge is -2.10. The summed E-state index contributed by atoms with van der Waals surface area (Å²) in [7, 11) is 1.74. The molecular weight excluding hydrogens is 453 g/mol. The van der Waals surface area contributed by atoms with Crippen molar-refractivity contribution >= 4 is 41.5 Å². The van der Waals surface area contributed by atoms with Gasteiger partial charge < -0.3 is 15.2 Å². The third kappa shape index (κ3) is 7.60. The molecule has 0 unspecified atom stereocenters. The van der Waals surface area contributed by atoms with Crippen molar-refractivity contribution in [2.24, 2.45) is 10.9 Å². The SMILES string of the molecule is CN=C(NCCCC(C)C)NCc1nc(-c2ccc(Cl)cc2)no1.I. The second kappa shape index (κ2) is 11.3. The van der Waals surface area contributed by atoms with E-state index in [4.69, 9.17) is 16.1 Å². The first-order valence-electron chi connectivity index (χ1n) is 8.11. The average molecular weight is 478 g/mol. The van der Waals surface area contributed by atoms with Crippen LogP contribution in [0.2, 0.25) is 5.02 Å². The van der Waals surface area contributed by atoms with Gasteiger partial charge in [-0.2, -0.15) is 4.98 Å². The van der Waals surface area contributed by atoms with Crippen LogP contribution in [-0.4, -0.2) is 29.7 Å². The first-order chi connectivity index (χ1) is 11.6. The molecule has 0 bridgehead atoms. The molecule has 2 N–H and O–H groups in total. The molecule has 2 aromatic rings. The second-order valence-corrected chi connectivity index (χ2v) is 6.34. The number of nitrogens with zero attached hydrogens (tertiary/aromatic N) is 3. The van der Waals surface area contributed by atoms with Crippen LogP contribution in [0, 0.1) is 5.92 Å². The van der Waals surface area contributed by atoms with Gasteiger partial charge in [0, 0.05) is 24.2 Å². The summed E-state index contributed by atoms with van der Waals surface area (Å²) in [6.45, 7) is 5.75. The quantitative estimate of drug-likeness (QED) is 0.272. The molecule has 0 amide bonds. The van der Waals surface area contributed by atoms with Crippen molar-refractivity contribution in [2.45, 2.75) is 33.2 Å². The van der Waals surface area contributed by atoms with Crippen LogP contribution in [0.3, 0.4) is 0 Å². The van der Waals surface area contributed by atoms with Crippen molar-refractivity contribution in [2.75, 3.05) is 13.6 Å². The van der Waals surface area contributed by atoms with Crippen LogP contribution >= 0.6 is 35.6 Å². The van der Waals surface area contributed by atoms with Gasteiger partial charge in [-0.05, 0) is 43.0 Å². The number of aromatic nitrogens is 2. The van der Waals surface area contributed by atoms with Gasteiger partial charge in [-0.25, -0.2) is 0 Å². The lowest BCUT2D eigenvalue weighted by Crippen LogP contribution is -2.37. The standard InChI is InChI=1S/C17H24ClN5O.HI/c1-12(2)5-4-10-20-17(19-3)21-11-15-22-16(23-24-15)13-6-8-14(18)9-7-13;/h6-9,12H,4-5,10-11H2,1-3H3,(H2,19,20,21);1H. The Morgan fingerprint density at radius 1 is 1.24 bits per heavy atom. The Balaban J connectivity index is 0.00000312. The molecule has 0 aliphatic rings. The number of nitrogens with one attached hydrogen (secondary N) is 2. The summed E-state index contributed by atoms with van der Waals surface area (Å²) in [6.07, 6.45) is 2.30. The molecule has 6 nitrogen and oxygen atoms in total. The Morgan fingerprint density at radius 3 is 2.60 bits per heavy atom. The fourth-order valence-corrected chi connectivity index (χ4v) is 2.27. The molecule has 0 atom stereocenters.